The Morgan fingerprint density at radius 3 is 1.31 bits per heavy atom. The molecule has 0 spiro atoms. The van der Waals surface area contributed by atoms with Crippen LogP contribution in [0.1, 0.15) is 166 Å². The van der Waals surface area contributed by atoms with E-state index in [4.69, 9.17) is 0 Å². The Hall–Kier alpha value is -3.17. The molecule has 1 amide bonds. The van der Waals surface area contributed by atoms with Crippen molar-refractivity contribution in [3.63, 3.8) is 0 Å². The van der Waals surface area contributed by atoms with E-state index in [0.717, 1.165) is 25.7 Å². The highest BCUT2D eigenvalue weighted by molar-refractivity contribution is 6.02. The number of ketones is 8. The molecule has 17 unspecified atom stereocenters. The molecule has 2 heterocycles. The molecule has 14 fully saturated rings. The maximum Gasteiger partial charge on any atom is 0.226 e. The first-order valence-corrected chi connectivity index (χ1v) is 28.2. The third kappa shape index (κ3) is 4.13. The van der Waals surface area contributed by atoms with Gasteiger partial charge in [-0.1, -0.05) is 68.7 Å². The number of amides is 1. The van der Waals surface area contributed by atoms with Crippen molar-refractivity contribution in [2.75, 3.05) is 6.54 Å². The third-order valence-electron chi connectivity index (χ3n) is 29.9. The van der Waals surface area contributed by atoms with Crippen molar-refractivity contribution in [2.24, 2.45) is 138 Å². The maximum absolute atomic E-state index is 16.0. The molecule has 12 aliphatic carbocycles. The summed E-state index contributed by atoms with van der Waals surface area (Å²) in [4.78, 5) is 138. The molecule has 0 bridgehead atoms. The van der Waals surface area contributed by atoms with Crippen molar-refractivity contribution < 1.29 is 43.2 Å². The molecule has 10 heteroatoms. The molecule has 0 aromatic carbocycles. The minimum atomic E-state index is -0.799. The minimum Gasteiger partial charge on any atom is -0.336 e. The molecular weight excluding hydrogens is 879 g/mol. The summed E-state index contributed by atoms with van der Waals surface area (Å²) in [5, 5.41) is 0. The maximum atomic E-state index is 16.0. The average Bonchev–Trinajstić information content (AvgIpc) is 3.96. The molecule has 25 atom stereocenters. The van der Waals surface area contributed by atoms with E-state index in [1.807, 2.05) is 4.90 Å². The topological polar surface area (TPSA) is 157 Å². The SMILES string of the molecule is CC12CC(=O)C3CC4C(=O)C5CC6C(=O)C[C@]7(C)CC(=O)C(CC8CC(CC(C(=O)C1CC1C(=O)C9CC%10C(=O)N%11CCCCC%12C(=O)C(CC%13C(=O)C[C@@]1(C)[C@@]%139C)[C@@]%10(C)[C@@]%12%11C)C32C)[C@@]4(C)[C@@]85C)[C@]67C. The highest BCUT2D eigenvalue weighted by Crippen LogP contribution is 2.83. The van der Waals surface area contributed by atoms with Gasteiger partial charge >= 0.3 is 0 Å². The van der Waals surface area contributed by atoms with E-state index in [9.17, 15) is 24.0 Å². The van der Waals surface area contributed by atoms with E-state index < -0.39 is 108 Å². The van der Waals surface area contributed by atoms with Crippen molar-refractivity contribution in [1.29, 1.82) is 0 Å². The summed E-state index contributed by atoms with van der Waals surface area (Å²) in [5.41, 5.74) is -6.40. The lowest BCUT2D eigenvalue weighted by Gasteiger charge is -2.53. The number of nitrogens with zero attached hydrogens (tertiary/aromatic N) is 1. The van der Waals surface area contributed by atoms with E-state index in [1.54, 1.807) is 0 Å². The number of hydrogen-bond donors (Lipinski definition) is 0. The van der Waals surface area contributed by atoms with E-state index in [1.165, 1.54) is 0 Å². The van der Waals surface area contributed by atoms with Crippen molar-refractivity contribution in [3.05, 3.63) is 0 Å². The van der Waals surface area contributed by atoms with E-state index in [-0.39, 0.29) is 107 Å². The van der Waals surface area contributed by atoms with Crippen LogP contribution in [0.15, 0.2) is 0 Å². The van der Waals surface area contributed by atoms with E-state index >= 15 is 19.2 Å². The van der Waals surface area contributed by atoms with E-state index in [0.29, 0.717) is 57.9 Å². The fourth-order valence-corrected chi connectivity index (χ4v) is 25.4. The molecule has 2 saturated heterocycles. The highest BCUT2D eigenvalue weighted by Gasteiger charge is 2.84. The van der Waals surface area contributed by atoms with Crippen molar-refractivity contribution >= 4 is 52.2 Å². The van der Waals surface area contributed by atoms with Gasteiger partial charge in [-0.25, -0.2) is 0 Å². The summed E-state index contributed by atoms with van der Waals surface area (Å²) in [5.74, 6) is -4.46. The van der Waals surface area contributed by atoms with Gasteiger partial charge in [0.1, 0.15) is 46.3 Å². The van der Waals surface area contributed by atoms with Gasteiger partial charge in [0, 0.05) is 115 Å². The van der Waals surface area contributed by atoms with Crippen LogP contribution >= 0.6 is 0 Å². The first-order chi connectivity index (χ1) is 32.6. The van der Waals surface area contributed by atoms with Gasteiger partial charge in [-0.2, -0.15) is 0 Å². The predicted molar refractivity (Wildman–Crippen MR) is 255 cm³/mol. The lowest BCUT2D eigenvalue weighted by Crippen LogP contribution is -2.54. The second kappa shape index (κ2) is 12.7. The van der Waals surface area contributed by atoms with Crippen LogP contribution in [0, 0.1) is 138 Å². The van der Waals surface area contributed by atoms with Gasteiger partial charge in [-0.3, -0.25) is 43.2 Å². The molecule has 0 aromatic rings. The molecule has 2 aliphatic heterocycles. The number of carbonyl (C=O) groups is 9. The summed E-state index contributed by atoms with van der Waals surface area (Å²) < 4.78 is 0. The number of hydrogen-bond acceptors (Lipinski definition) is 9. The molecule has 14 rings (SSSR count). The summed E-state index contributed by atoms with van der Waals surface area (Å²) in [7, 11) is 0. The molecule has 376 valence electrons. The smallest absolute Gasteiger partial charge is 0.226 e. The molecule has 70 heavy (non-hydrogen) atoms. The Morgan fingerprint density at radius 1 is 0.386 bits per heavy atom. The van der Waals surface area contributed by atoms with Gasteiger partial charge in [0.25, 0.3) is 0 Å². The lowest BCUT2D eigenvalue weighted by molar-refractivity contribution is -0.141. The second-order valence-electron chi connectivity index (χ2n) is 29.9. The first-order valence-electron chi connectivity index (χ1n) is 28.2. The molecule has 10 nitrogen and oxygen atoms in total. The number of carbonyl (C=O) groups excluding carboxylic acids is 9. The number of Topliss-reactive ketones (excluding diaryl/α,β-unsaturated/α-hetero) is 8. The van der Waals surface area contributed by atoms with Gasteiger partial charge in [0.15, 0.2) is 0 Å². The van der Waals surface area contributed by atoms with Crippen LogP contribution in [0.5, 0.6) is 0 Å². The third-order valence-corrected chi connectivity index (χ3v) is 29.9. The van der Waals surface area contributed by atoms with Gasteiger partial charge in [-0.15, -0.1) is 0 Å². The summed E-state index contributed by atoms with van der Waals surface area (Å²) in [6, 6.07) is 0. The van der Waals surface area contributed by atoms with Crippen molar-refractivity contribution in [3.8, 4) is 0 Å². The highest BCUT2D eigenvalue weighted by atomic mass is 16.2. The quantitative estimate of drug-likeness (QED) is 0.265. The van der Waals surface area contributed by atoms with Crippen molar-refractivity contribution in [2.45, 2.75) is 171 Å². The van der Waals surface area contributed by atoms with E-state index in [2.05, 4.69) is 69.2 Å². The Morgan fingerprint density at radius 2 is 0.786 bits per heavy atom. The van der Waals surface area contributed by atoms with Crippen LogP contribution in [0.25, 0.3) is 0 Å². The summed E-state index contributed by atoms with van der Waals surface area (Å²) >= 11 is 0. The van der Waals surface area contributed by atoms with Crippen molar-refractivity contribution in [1.82, 2.24) is 4.90 Å². The summed E-state index contributed by atoms with van der Waals surface area (Å²) in [6.45, 7) is 22.3. The molecule has 0 N–H and O–H groups in total. The van der Waals surface area contributed by atoms with Crippen LogP contribution in [0.3, 0.4) is 0 Å². The Labute approximate surface area is 413 Å². The van der Waals surface area contributed by atoms with Crippen LogP contribution in [0.4, 0.5) is 0 Å². The largest absolute Gasteiger partial charge is 0.336 e. The minimum absolute atomic E-state index is 0.00185. The fourth-order valence-electron chi connectivity index (χ4n) is 25.4. The Kier molecular flexibility index (Phi) is 8.22. The van der Waals surface area contributed by atoms with Gasteiger partial charge in [0.2, 0.25) is 5.91 Å². The van der Waals surface area contributed by atoms with Gasteiger partial charge in [-0.05, 0) is 126 Å². The summed E-state index contributed by atoms with van der Waals surface area (Å²) in [6.07, 6.45) is 7.52. The second-order valence-corrected chi connectivity index (χ2v) is 29.9. The van der Waals surface area contributed by atoms with Crippen LogP contribution in [-0.4, -0.2) is 69.2 Å². The molecular formula is C60H77NO9. The predicted octanol–water partition coefficient (Wildman–Crippen LogP) is 8.47. The Balaban J connectivity index is 0.838. The molecule has 14 aliphatic rings. The fraction of sp³-hybridized carbons (Fsp3) is 0.850. The van der Waals surface area contributed by atoms with Gasteiger partial charge < -0.3 is 4.90 Å². The monoisotopic (exact) mass is 956 g/mol. The number of rotatable bonds is 2. The molecule has 12 saturated carbocycles. The van der Waals surface area contributed by atoms with Crippen LogP contribution in [0.2, 0.25) is 0 Å². The van der Waals surface area contributed by atoms with Crippen LogP contribution in [-0.2, 0) is 43.2 Å². The average molecular weight is 956 g/mol. The Bertz CT molecular complexity index is 2670. The normalized spacial score (nSPS) is 61.7. The van der Waals surface area contributed by atoms with Crippen LogP contribution < -0.4 is 0 Å². The first kappa shape index (κ1) is 45.4. The molecule has 0 aromatic heterocycles. The van der Waals surface area contributed by atoms with Gasteiger partial charge in [0.05, 0.1) is 5.54 Å². The zero-order valence-corrected chi connectivity index (χ0v) is 43.6. The zero-order valence-electron chi connectivity index (χ0n) is 43.6. The standard InChI is InChI=1S/C60H77NO9/c1-51-23-42(62)30-16-27-15-28-17-36-47(67)34(52(2)25-44(64)32(57(36,52)7)19-38-49(69)37(54(27,4)55(28,38)5)18-31(43(63)24-51)56(30,51)6)21-35-48(68)39-22-41-50(70)61-14-12-11-13-29-46(66)40(59(41,9)60(29,61)10)20-33-45(65)26-53(35,3)58(33,39)8/h27-41H,11-26H2,1-10H3/t27?,28?,29?,30?,31?,32?,33?,34?,35?,36?,37?,38?,39?,40?,41?,51-,52?,53+,54-,55+,56+,57?,58-,59+,60+/m0/s1. The molecule has 0 radical (unpaired) electrons. The zero-order chi connectivity index (χ0) is 49.7. The lowest BCUT2D eigenvalue weighted by atomic mass is 9.49.